The summed E-state index contributed by atoms with van der Waals surface area (Å²) < 4.78 is 0. The Morgan fingerprint density at radius 1 is 0.900 bits per heavy atom. The van der Waals surface area contributed by atoms with Gasteiger partial charge in [0.2, 0.25) is 0 Å². The van der Waals surface area contributed by atoms with E-state index < -0.39 is 0 Å². The molecule has 62 valence electrons. The number of rotatable bonds is 4. The first-order valence-electron chi connectivity index (χ1n) is 3.36. The topological polar surface area (TPSA) is 0 Å². The van der Waals surface area contributed by atoms with Gasteiger partial charge < -0.3 is 0 Å². The Kier molecular flexibility index (Phi) is 11.5. The van der Waals surface area contributed by atoms with E-state index in [0.717, 1.165) is 10.5 Å². The van der Waals surface area contributed by atoms with Gasteiger partial charge in [-0.15, -0.1) is 17.0 Å². The van der Waals surface area contributed by atoms with Crippen LogP contribution in [0.1, 0.15) is 27.7 Å². The molecule has 0 saturated carbocycles. The van der Waals surface area contributed by atoms with Crippen molar-refractivity contribution in [2.75, 3.05) is 0 Å². The van der Waals surface area contributed by atoms with Gasteiger partial charge in [-0.25, -0.2) is 0 Å². The van der Waals surface area contributed by atoms with Crippen LogP contribution in [0.2, 0.25) is 0 Å². The van der Waals surface area contributed by atoms with Gasteiger partial charge in [-0.05, 0) is 10.5 Å². The van der Waals surface area contributed by atoms with Crippen LogP contribution in [0, 0.1) is 0 Å². The van der Waals surface area contributed by atoms with Crippen LogP contribution < -0.4 is 0 Å². The minimum Gasteiger partial charge on any atom is -0.197 e. The standard InChI is InChI=1S/C6H15BS2.BrH/c1-5(2)8-7-9-6(3)4;/h5-7H,1-4H3;1H. The molecule has 0 aromatic carbocycles. The summed E-state index contributed by atoms with van der Waals surface area (Å²) in [5.74, 6) is 1.25. The maximum absolute atomic E-state index is 2.24. The molecule has 0 saturated heterocycles. The highest BCUT2D eigenvalue weighted by atomic mass is 79.9. The third-order valence-corrected chi connectivity index (χ3v) is 3.22. The first-order valence-corrected chi connectivity index (χ1v) is 5.46. The van der Waals surface area contributed by atoms with E-state index in [0.29, 0.717) is 0 Å². The maximum atomic E-state index is 2.24. The van der Waals surface area contributed by atoms with Crippen LogP contribution in [0.5, 0.6) is 0 Å². The second-order valence-corrected chi connectivity index (χ2v) is 6.04. The molecule has 0 aromatic rings. The average Bonchev–Trinajstić information content (AvgIpc) is 1.63. The zero-order valence-corrected chi connectivity index (χ0v) is 10.4. The van der Waals surface area contributed by atoms with Gasteiger partial charge in [0.05, 0.1) is 0 Å². The van der Waals surface area contributed by atoms with Gasteiger partial charge in [0.1, 0.15) is 0 Å². The molecule has 0 fully saturated rings. The van der Waals surface area contributed by atoms with Crippen molar-refractivity contribution < 1.29 is 0 Å². The lowest BCUT2D eigenvalue weighted by Crippen LogP contribution is -1.94. The van der Waals surface area contributed by atoms with E-state index >= 15 is 0 Å². The SMILES string of the molecule is Br.CC(C)SBSC(C)C. The molecule has 0 radical (unpaired) electrons. The number of hydrogen-bond donors (Lipinski definition) is 0. The van der Waals surface area contributed by atoms with E-state index in [1.165, 1.54) is 5.84 Å². The molecule has 0 amide bonds. The van der Waals surface area contributed by atoms with Crippen molar-refractivity contribution in [2.45, 2.75) is 38.2 Å². The molecule has 0 aliphatic carbocycles. The normalized spacial score (nSPS) is 9.80. The molecule has 0 N–H and O–H groups in total. The van der Waals surface area contributed by atoms with Crippen molar-refractivity contribution in [1.29, 1.82) is 0 Å². The fraction of sp³-hybridized carbons (Fsp3) is 1.00. The summed E-state index contributed by atoms with van der Waals surface area (Å²) in [6.07, 6.45) is 0. The first-order chi connectivity index (χ1) is 4.13. The largest absolute Gasteiger partial charge is 0.256 e. The smallest absolute Gasteiger partial charge is 0.197 e. The van der Waals surface area contributed by atoms with Gasteiger partial charge >= 0.3 is 0 Å². The lowest BCUT2D eigenvalue weighted by molar-refractivity contribution is 1.12. The Morgan fingerprint density at radius 3 is 1.40 bits per heavy atom. The van der Waals surface area contributed by atoms with E-state index in [1.54, 1.807) is 0 Å². The third-order valence-electron chi connectivity index (χ3n) is 0.803. The second kappa shape index (κ2) is 8.34. The Morgan fingerprint density at radius 2 is 1.20 bits per heavy atom. The Labute approximate surface area is 84.1 Å². The molecule has 0 aromatic heterocycles. The quantitative estimate of drug-likeness (QED) is 0.695. The minimum absolute atomic E-state index is 0. The molecule has 0 bridgehead atoms. The Balaban J connectivity index is 0. The Bertz CT molecular complexity index is 60.8. The summed E-state index contributed by atoms with van der Waals surface area (Å²) in [6, 6.07) is 0. The van der Waals surface area contributed by atoms with Crippen LogP contribution in [0.15, 0.2) is 0 Å². The molecule has 0 rings (SSSR count). The van der Waals surface area contributed by atoms with E-state index in [4.69, 9.17) is 0 Å². The Hall–Kier alpha value is 1.24. The van der Waals surface area contributed by atoms with Crippen molar-refractivity contribution in [3.8, 4) is 0 Å². The average molecular weight is 243 g/mol. The molecule has 0 aliphatic heterocycles. The molecule has 0 nitrogen and oxygen atoms in total. The fourth-order valence-electron chi connectivity index (χ4n) is 0.311. The number of hydrogen-bond acceptors (Lipinski definition) is 2. The molecule has 0 atom stereocenters. The predicted molar refractivity (Wildman–Crippen MR) is 62.9 cm³/mol. The van der Waals surface area contributed by atoms with Gasteiger partial charge in [-0.2, -0.15) is 23.2 Å². The summed E-state index contributed by atoms with van der Waals surface area (Å²) in [7, 11) is 0. The van der Waals surface area contributed by atoms with E-state index in [1.807, 2.05) is 23.2 Å². The van der Waals surface area contributed by atoms with Gasteiger partial charge in [-0.3, -0.25) is 0 Å². The van der Waals surface area contributed by atoms with E-state index in [9.17, 15) is 0 Å². The highest BCUT2D eigenvalue weighted by molar-refractivity contribution is 8.93. The van der Waals surface area contributed by atoms with Crippen LogP contribution >= 0.6 is 40.2 Å². The van der Waals surface area contributed by atoms with Crippen molar-refractivity contribution in [3.05, 3.63) is 0 Å². The van der Waals surface area contributed by atoms with Crippen LogP contribution in [-0.4, -0.2) is 16.3 Å². The molecule has 0 unspecified atom stereocenters. The van der Waals surface area contributed by atoms with Crippen LogP contribution in [0.25, 0.3) is 0 Å². The van der Waals surface area contributed by atoms with Crippen molar-refractivity contribution >= 4 is 46.0 Å². The van der Waals surface area contributed by atoms with Crippen LogP contribution in [-0.2, 0) is 0 Å². The minimum atomic E-state index is 0. The summed E-state index contributed by atoms with van der Waals surface area (Å²) in [5, 5.41) is 1.58. The fourth-order valence-corrected chi connectivity index (χ4v) is 2.80. The molecule has 0 heterocycles. The summed E-state index contributed by atoms with van der Waals surface area (Å²) in [6.45, 7) is 8.97. The monoisotopic (exact) mass is 242 g/mol. The zero-order valence-electron chi connectivity index (χ0n) is 7.09. The van der Waals surface area contributed by atoms with Gasteiger partial charge in [0, 0.05) is 0 Å². The summed E-state index contributed by atoms with van der Waals surface area (Å²) >= 11 is 4.05. The molecular weight excluding hydrogens is 227 g/mol. The maximum Gasteiger partial charge on any atom is 0.256 e. The van der Waals surface area contributed by atoms with E-state index in [-0.39, 0.29) is 17.0 Å². The van der Waals surface area contributed by atoms with Crippen molar-refractivity contribution in [3.63, 3.8) is 0 Å². The zero-order chi connectivity index (χ0) is 7.28. The number of halogens is 1. The van der Waals surface area contributed by atoms with Crippen LogP contribution in [0.4, 0.5) is 0 Å². The van der Waals surface area contributed by atoms with Gasteiger partial charge in [-0.1, -0.05) is 27.7 Å². The third kappa shape index (κ3) is 12.0. The second-order valence-electron chi connectivity index (χ2n) is 2.55. The van der Waals surface area contributed by atoms with E-state index in [2.05, 4.69) is 27.7 Å². The summed E-state index contributed by atoms with van der Waals surface area (Å²) in [5.41, 5.74) is 0. The van der Waals surface area contributed by atoms with Crippen molar-refractivity contribution in [1.82, 2.24) is 0 Å². The first kappa shape index (κ1) is 13.8. The molecule has 0 spiro atoms. The highest BCUT2D eigenvalue weighted by Gasteiger charge is 1.98. The highest BCUT2D eigenvalue weighted by Crippen LogP contribution is 2.17. The summed E-state index contributed by atoms with van der Waals surface area (Å²) in [4.78, 5) is 0. The molecule has 10 heavy (non-hydrogen) atoms. The van der Waals surface area contributed by atoms with Crippen molar-refractivity contribution in [2.24, 2.45) is 0 Å². The molecular formula is C6H16BBrS2. The predicted octanol–water partition coefficient (Wildman–Crippen LogP) is 3.11. The van der Waals surface area contributed by atoms with Crippen LogP contribution in [0.3, 0.4) is 0 Å². The van der Waals surface area contributed by atoms with Gasteiger partial charge in [0.15, 0.2) is 0 Å². The lowest BCUT2D eigenvalue weighted by Gasteiger charge is -2.04. The molecule has 0 aliphatic rings. The van der Waals surface area contributed by atoms with Gasteiger partial charge in [0.25, 0.3) is 5.84 Å². The lowest BCUT2D eigenvalue weighted by atomic mass is 10.6. The molecule has 4 heteroatoms.